The molecule has 34 heavy (non-hydrogen) atoms. The molecule has 0 radical (unpaired) electrons. The average Bonchev–Trinajstić information content (AvgIpc) is 2.91. The molecule has 2 saturated heterocycles. The maximum absolute atomic E-state index is 12.9. The molecule has 3 aromatic rings. The van der Waals surface area contributed by atoms with E-state index in [4.69, 9.17) is 4.74 Å². The van der Waals surface area contributed by atoms with Crippen LogP contribution in [0.1, 0.15) is 31.2 Å². The van der Waals surface area contributed by atoms with Crippen LogP contribution in [0.3, 0.4) is 0 Å². The molecule has 0 spiro atoms. The van der Waals surface area contributed by atoms with Crippen molar-refractivity contribution in [2.75, 3.05) is 26.2 Å². The molecule has 0 bridgehead atoms. The number of amides is 1. The minimum atomic E-state index is 0.246. The van der Waals surface area contributed by atoms with E-state index >= 15 is 0 Å². The lowest BCUT2D eigenvalue weighted by molar-refractivity contribution is -0.132. The predicted octanol–water partition coefficient (Wildman–Crippen LogP) is 4.83. The van der Waals surface area contributed by atoms with Gasteiger partial charge < -0.3 is 9.64 Å². The molecule has 0 unspecified atom stereocenters. The molecule has 1 amide bonds. The molecule has 2 aromatic carbocycles. The zero-order chi connectivity index (χ0) is 23.2. The van der Waals surface area contributed by atoms with Crippen molar-refractivity contribution in [3.8, 4) is 16.9 Å². The van der Waals surface area contributed by atoms with Crippen molar-refractivity contribution in [1.29, 1.82) is 0 Å². The zero-order valence-corrected chi connectivity index (χ0v) is 19.7. The second-order valence-corrected chi connectivity index (χ2v) is 9.39. The first-order valence-electron chi connectivity index (χ1n) is 12.5. The van der Waals surface area contributed by atoms with Crippen LogP contribution in [-0.4, -0.2) is 59.0 Å². The van der Waals surface area contributed by atoms with Crippen molar-refractivity contribution < 1.29 is 9.53 Å². The average molecular weight is 456 g/mol. The highest BCUT2D eigenvalue weighted by atomic mass is 16.5. The lowest BCUT2D eigenvalue weighted by Gasteiger charge is -2.41. The van der Waals surface area contributed by atoms with Crippen molar-refractivity contribution in [3.63, 3.8) is 0 Å². The quantitative estimate of drug-likeness (QED) is 0.534. The predicted molar refractivity (Wildman–Crippen MR) is 135 cm³/mol. The topological polar surface area (TPSA) is 45.7 Å². The maximum Gasteiger partial charge on any atom is 0.226 e. The highest BCUT2D eigenvalue weighted by Crippen LogP contribution is 2.24. The molecule has 2 aliphatic rings. The lowest BCUT2D eigenvalue weighted by atomic mass is 9.98. The van der Waals surface area contributed by atoms with Crippen molar-refractivity contribution in [3.05, 3.63) is 84.7 Å². The van der Waals surface area contributed by atoms with E-state index in [9.17, 15) is 4.79 Å². The van der Waals surface area contributed by atoms with Gasteiger partial charge in [0.2, 0.25) is 5.91 Å². The van der Waals surface area contributed by atoms with Gasteiger partial charge in [0.1, 0.15) is 11.9 Å². The molecule has 0 N–H and O–H groups in total. The molecular formula is C29H33N3O2. The number of carbonyl (C=O) groups is 1. The Bertz CT molecular complexity index is 1040. The summed E-state index contributed by atoms with van der Waals surface area (Å²) in [5.41, 5.74) is 3.48. The number of nitrogens with zero attached hydrogens (tertiary/aromatic N) is 3. The summed E-state index contributed by atoms with van der Waals surface area (Å²) in [5.74, 6) is 1.16. The van der Waals surface area contributed by atoms with Crippen molar-refractivity contribution in [1.82, 2.24) is 14.8 Å². The highest BCUT2D eigenvalue weighted by Gasteiger charge is 2.30. The van der Waals surface area contributed by atoms with E-state index in [0.717, 1.165) is 63.2 Å². The van der Waals surface area contributed by atoms with E-state index in [-0.39, 0.29) is 12.0 Å². The molecule has 5 rings (SSSR count). The van der Waals surface area contributed by atoms with Gasteiger partial charge in [0.15, 0.2) is 0 Å². The molecule has 2 fully saturated rings. The van der Waals surface area contributed by atoms with Gasteiger partial charge in [-0.1, -0.05) is 54.6 Å². The molecule has 5 nitrogen and oxygen atoms in total. The molecule has 0 saturated carbocycles. The molecule has 5 heteroatoms. The first-order chi connectivity index (χ1) is 16.7. The van der Waals surface area contributed by atoms with E-state index in [0.29, 0.717) is 12.5 Å². The minimum absolute atomic E-state index is 0.246. The summed E-state index contributed by atoms with van der Waals surface area (Å²) in [4.78, 5) is 21.6. The fourth-order valence-corrected chi connectivity index (χ4v) is 5.18. The van der Waals surface area contributed by atoms with Crippen LogP contribution in [0.25, 0.3) is 11.1 Å². The Hall–Kier alpha value is -3.18. The van der Waals surface area contributed by atoms with Crippen LogP contribution in [0.4, 0.5) is 0 Å². The van der Waals surface area contributed by atoms with Crippen LogP contribution >= 0.6 is 0 Å². The number of carbonyl (C=O) groups excluding carboxylic acids is 1. The van der Waals surface area contributed by atoms with Crippen molar-refractivity contribution in [2.24, 2.45) is 0 Å². The molecule has 1 aromatic heterocycles. The maximum atomic E-state index is 12.9. The number of ether oxygens (including phenoxy) is 1. The second-order valence-electron chi connectivity index (χ2n) is 9.39. The van der Waals surface area contributed by atoms with E-state index in [1.54, 1.807) is 12.4 Å². The fourth-order valence-electron chi connectivity index (χ4n) is 5.18. The normalized spacial score (nSPS) is 18.1. The number of rotatable bonds is 6. The van der Waals surface area contributed by atoms with Gasteiger partial charge in [-0.3, -0.25) is 14.7 Å². The molecule has 0 aliphatic carbocycles. The smallest absolute Gasteiger partial charge is 0.226 e. The van der Waals surface area contributed by atoms with Gasteiger partial charge in [0.25, 0.3) is 0 Å². The summed E-state index contributed by atoms with van der Waals surface area (Å²) in [6, 6.07) is 23.2. The Morgan fingerprint density at radius 3 is 2.12 bits per heavy atom. The Morgan fingerprint density at radius 1 is 0.794 bits per heavy atom. The number of hydrogen-bond donors (Lipinski definition) is 0. The van der Waals surface area contributed by atoms with Crippen LogP contribution < -0.4 is 4.74 Å². The summed E-state index contributed by atoms with van der Waals surface area (Å²) < 4.78 is 6.11. The van der Waals surface area contributed by atoms with Gasteiger partial charge in [0.05, 0.1) is 6.42 Å². The van der Waals surface area contributed by atoms with Gasteiger partial charge in [0, 0.05) is 44.6 Å². The highest BCUT2D eigenvalue weighted by molar-refractivity contribution is 5.79. The Balaban J connectivity index is 1.06. The monoisotopic (exact) mass is 455 g/mol. The molecule has 2 aliphatic heterocycles. The van der Waals surface area contributed by atoms with E-state index in [2.05, 4.69) is 63.3 Å². The third kappa shape index (κ3) is 5.65. The first-order valence-corrected chi connectivity index (χ1v) is 12.5. The molecule has 3 heterocycles. The van der Waals surface area contributed by atoms with Gasteiger partial charge in [-0.2, -0.15) is 0 Å². The summed E-state index contributed by atoms with van der Waals surface area (Å²) in [6.45, 7) is 3.86. The standard InChI is InChI=1S/C29H33N3O2/c33-29(22-23-6-8-25(9-7-23)24-4-2-1-3-5-24)32-18-12-26(13-19-32)31-20-14-28(15-21-31)34-27-10-16-30-17-11-27/h1-11,16-17,26,28H,12-15,18-22H2. The van der Waals surface area contributed by atoms with Crippen LogP contribution in [0.5, 0.6) is 5.75 Å². The van der Waals surface area contributed by atoms with E-state index in [1.807, 2.05) is 18.2 Å². The number of hydrogen-bond acceptors (Lipinski definition) is 4. The Morgan fingerprint density at radius 2 is 1.44 bits per heavy atom. The van der Waals surface area contributed by atoms with Gasteiger partial charge in [-0.25, -0.2) is 0 Å². The van der Waals surface area contributed by atoms with Crippen molar-refractivity contribution >= 4 is 5.91 Å². The summed E-state index contributed by atoms with van der Waals surface area (Å²) in [5, 5.41) is 0. The van der Waals surface area contributed by atoms with Crippen LogP contribution in [0.2, 0.25) is 0 Å². The Kier molecular flexibility index (Phi) is 7.20. The molecule has 0 atom stereocenters. The van der Waals surface area contributed by atoms with Gasteiger partial charge in [-0.05, 0) is 54.5 Å². The number of aromatic nitrogens is 1. The third-order valence-electron chi connectivity index (χ3n) is 7.18. The van der Waals surface area contributed by atoms with Crippen molar-refractivity contribution in [2.45, 2.75) is 44.2 Å². The van der Waals surface area contributed by atoms with Gasteiger partial charge >= 0.3 is 0 Å². The van der Waals surface area contributed by atoms with Crippen LogP contribution in [0, 0.1) is 0 Å². The summed E-state index contributed by atoms with van der Waals surface area (Å²) >= 11 is 0. The zero-order valence-electron chi connectivity index (χ0n) is 19.7. The van der Waals surface area contributed by atoms with Crippen LogP contribution in [0.15, 0.2) is 79.1 Å². The summed E-state index contributed by atoms with van der Waals surface area (Å²) in [7, 11) is 0. The second kappa shape index (κ2) is 10.8. The number of likely N-dealkylation sites (tertiary alicyclic amines) is 2. The number of benzene rings is 2. The minimum Gasteiger partial charge on any atom is -0.490 e. The molecule has 176 valence electrons. The lowest BCUT2D eigenvalue weighted by Crippen LogP contribution is -2.50. The first kappa shape index (κ1) is 22.6. The van der Waals surface area contributed by atoms with Gasteiger partial charge in [-0.15, -0.1) is 0 Å². The Labute approximate surface area is 202 Å². The summed E-state index contributed by atoms with van der Waals surface area (Å²) in [6.07, 6.45) is 8.56. The third-order valence-corrected chi connectivity index (χ3v) is 7.18. The number of piperidine rings is 2. The van der Waals surface area contributed by atoms with Crippen LogP contribution in [-0.2, 0) is 11.2 Å². The number of pyridine rings is 1. The molecular weight excluding hydrogens is 422 g/mol. The van der Waals surface area contributed by atoms with E-state index in [1.165, 1.54) is 11.1 Å². The SMILES string of the molecule is O=C(Cc1ccc(-c2ccccc2)cc1)N1CCC(N2CCC(Oc3ccncc3)CC2)CC1. The van der Waals surface area contributed by atoms with E-state index < -0.39 is 0 Å². The fraction of sp³-hybridized carbons (Fsp3) is 0.379. The largest absolute Gasteiger partial charge is 0.490 e.